The van der Waals surface area contributed by atoms with Gasteiger partial charge in [-0.15, -0.1) is 0 Å². The summed E-state index contributed by atoms with van der Waals surface area (Å²) < 4.78 is 5.25. The number of ketones is 2. The molecule has 200 valence electrons. The molecular formula is C31H45BrO4. The van der Waals surface area contributed by atoms with Crippen molar-refractivity contribution in [1.82, 2.24) is 0 Å². The molecule has 0 N–H and O–H groups in total. The van der Waals surface area contributed by atoms with Crippen LogP contribution in [0.1, 0.15) is 99.8 Å². The number of hydrogen-bond donors (Lipinski definition) is 0. The van der Waals surface area contributed by atoms with Crippen LogP contribution in [0.4, 0.5) is 0 Å². The van der Waals surface area contributed by atoms with Crippen molar-refractivity contribution < 1.29 is 19.1 Å². The van der Waals surface area contributed by atoms with Crippen molar-refractivity contribution in [2.45, 2.75) is 105 Å². The number of carbonyl (C=O) groups excluding carboxylic acids is 3. The fourth-order valence-electron chi connectivity index (χ4n) is 10.5. The lowest BCUT2D eigenvalue weighted by Crippen LogP contribution is -2.67. The smallest absolute Gasteiger partial charge is 0.311 e. The lowest BCUT2D eigenvalue weighted by Gasteiger charge is -2.70. The Kier molecular flexibility index (Phi) is 5.76. The van der Waals surface area contributed by atoms with Crippen LogP contribution in [-0.2, 0) is 19.1 Å². The van der Waals surface area contributed by atoms with Crippen LogP contribution in [0.2, 0.25) is 0 Å². The van der Waals surface area contributed by atoms with E-state index >= 15 is 0 Å². The van der Waals surface area contributed by atoms with E-state index in [2.05, 4.69) is 64.4 Å². The molecule has 0 aromatic carbocycles. The van der Waals surface area contributed by atoms with Gasteiger partial charge in [0.2, 0.25) is 0 Å². The number of carbonyl (C=O) groups is 3. The summed E-state index contributed by atoms with van der Waals surface area (Å²) in [6, 6.07) is 0. The van der Waals surface area contributed by atoms with Crippen molar-refractivity contribution >= 4 is 33.5 Å². The molecule has 0 aromatic heterocycles. The topological polar surface area (TPSA) is 60.4 Å². The van der Waals surface area contributed by atoms with E-state index in [1.165, 1.54) is 12.7 Å². The fourth-order valence-corrected chi connectivity index (χ4v) is 11.8. The number of fused-ring (bicyclic) bond motifs is 7. The van der Waals surface area contributed by atoms with E-state index in [0.29, 0.717) is 0 Å². The van der Waals surface area contributed by atoms with Gasteiger partial charge in [0.25, 0.3) is 0 Å². The molecule has 0 bridgehead atoms. The Morgan fingerprint density at radius 2 is 1.58 bits per heavy atom. The Morgan fingerprint density at radius 3 is 2.22 bits per heavy atom. The summed E-state index contributed by atoms with van der Waals surface area (Å²) in [7, 11) is 1.49. The summed E-state index contributed by atoms with van der Waals surface area (Å²) in [4.78, 5) is 40.2. The molecule has 5 aliphatic rings. The van der Waals surface area contributed by atoms with E-state index < -0.39 is 10.8 Å². The minimum atomic E-state index is -0.501. The Labute approximate surface area is 225 Å². The van der Waals surface area contributed by atoms with Crippen molar-refractivity contribution in [2.75, 3.05) is 7.11 Å². The zero-order chi connectivity index (χ0) is 26.7. The van der Waals surface area contributed by atoms with Crippen LogP contribution in [0.5, 0.6) is 0 Å². The second kappa shape index (κ2) is 7.79. The molecule has 0 saturated heterocycles. The second-order valence-corrected chi connectivity index (χ2v) is 16.1. The van der Waals surface area contributed by atoms with E-state index in [1.807, 2.05) is 6.08 Å². The Bertz CT molecular complexity index is 1060. The predicted octanol–water partition coefficient (Wildman–Crippen LogP) is 7.08. The molecule has 5 rings (SSSR count). The number of allylic oxidation sites excluding steroid dienone is 2. The van der Waals surface area contributed by atoms with Gasteiger partial charge < -0.3 is 4.74 Å². The zero-order valence-electron chi connectivity index (χ0n) is 23.6. The Hall–Kier alpha value is -0.970. The molecule has 0 aromatic rings. The molecule has 9 atom stereocenters. The lowest BCUT2D eigenvalue weighted by atomic mass is 9.33. The van der Waals surface area contributed by atoms with Gasteiger partial charge in [-0.3, -0.25) is 14.4 Å². The third kappa shape index (κ3) is 3.13. The lowest BCUT2D eigenvalue weighted by molar-refractivity contribution is -0.187. The van der Waals surface area contributed by atoms with Crippen molar-refractivity contribution in [3.63, 3.8) is 0 Å². The number of methoxy groups -OCH3 is 1. The monoisotopic (exact) mass is 560 g/mol. The van der Waals surface area contributed by atoms with E-state index in [4.69, 9.17) is 4.74 Å². The predicted molar refractivity (Wildman–Crippen MR) is 145 cm³/mol. The zero-order valence-corrected chi connectivity index (χ0v) is 25.1. The van der Waals surface area contributed by atoms with E-state index in [-0.39, 0.29) is 61.8 Å². The maximum absolute atomic E-state index is 14.4. The molecule has 36 heavy (non-hydrogen) atoms. The first-order valence-corrected chi connectivity index (χ1v) is 14.9. The molecule has 4 nitrogen and oxygen atoms in total. The first kappa shape index (κ1) is 26.6. The maximum Gasteiger partial charge on any atom is 0.311 e. The maximum atomic E-state index is 14.4. The van der Waals surface area contributed by atoms with Gasteiger partial charge in [0.15, 0.2) is 11.6 Å². The van der Waals surface area contributed by atoms with E-state index in [1.54, 1.807) is 0 Å². The van der Waals surface area contributed by atoms with Gasteiger partial charge in [-0.1, -0.05) is 63.0 Å². The molecule has 4 fully saturated rings. The van der Waals surface area contributed by atoms with Crippen LogP contribution in [-0.4, -0.2) is 29.5 Å². The van der Waals surface area contributed by atoms with Crippen molar-refractivity contribution in [1.29, 1.82) is 0 Å². The van der Waals surface area contributed by atoms with Gasteiger partial charge in [-0.05, 0) is 97.9 Å². The summed E-state index contributed by atoms with van der Waals surface area (Å²) in [6.45, 7) is 15.8. The average molecular weight is 562 g/mol. The molecule has 0 radical (unpaired) electrons. The number of halogens is 1. The fraction of sp³-hybridized carbons (Fsp3) is 0.839. The normalized spacial score (nSPS) is 51.8. The summed E-state index contributed by atoms with van der Waals surface area (Å²) in [6.07, 6.45) is 9.54. The highest BCUT2D eigenvalue weighted by Crippen LogP contribution is 2.75. The quantitative estimate of drug-likeness (QED) is 0.254. The average Bonchev–Trinajstić information content (AvgIpc) is 2.79. The molecule has 4 saturated carbocycles. The number of ether oxygens (including phenoxy) is 1. The van der Waals surface area contributed by atoms with Gasteiger partial charge in [0, 0.05) is 11.3 Å². The first-order chi connectivity index (χ1) is 16.5. The van der Waals surface area contributed by atoms with Crippen molar-refractivity contribution in [3.05, 3.63) is 11.6 Å². The molecule has 0 amide bonds. The number of alkyl halides is 1. The molecule has 0 spiro atoms. The molecular weight excluding hydrogens is 516 g/mol. The molecule has 5 heteroatoms. The van der Waals surface area contributed by atoms with Gasteiger partial charge in [0.05, 0.1) is 17.4 Å². The summed E-state index contributed by atoms with van der Waals surface area (Å²) in [5.74, 6) is 0.764. The minimum Gasteiger partial charge on any atom is -0.469 e. The van der Waals surface area contributed by atoms with Crippen LogP contribution in [0.15, 0.2) is 11.6 Å². The van der Waals surface area contributed by atoms with Crippen molar-refractivity contribution in [3.8, 4) is 0 Å². The third-order valence-corrected chi connectivity index (χ3v) is 13.7. The van der Waals surface area contributed by atoms with E-state index in [9.17, 15) is 14.4 Å². The first-order valence-electron chi connectivity index (χ1n) is 14.0. The number of esters is 1. The van der Waals surface area contributed by atoms with Crippen LogP contribution < -0.4 is 0 Å². The van der Waals surface area contributed by atoms with E-state index in [0.717, 1.165) is 51.4 Å². The van der Waals surface area contributed by atoms with Crippen molar-refractivity contribution in [2.24, 2.45) is 50.2 Å². The molecule has 4 unspecified atom stereocenters. The number of hydrogen-bond acceptors (Lipinski definition) is 4. The molecule has 5 aliphatic carbocycles. The van der Waals surface area contributed by atoms with Crippen LogP contribution >= 0.6 is 15.9 Å². The highest BCUT2D eigenvalue weighted by Gasteiger charge is 2.71. The van der Waals surface area contributed by atoms with Gasteiger partial charge in [0.1, 0.15) is 0 Å². The highest BCUT2D eigenvalue weighted by molar-refractivity contribution is 9.10. The van der Waals surface area contributed by atoms with Gasteiger partial charge >= 0.3 is 5.97 Å². The van der Waals surface area contributed by atoms with Crippen LogP contribution in [0.3, 0.4) is 0 Å². The minimum absolute atomic E-state index is 0.0918. The third-order valence-electron chi connectivity index (χ3n) is 12.9. The largest absolute Gasteiger partial charge is 0.469 e. The molecule has 0 aliphatic heterocycles. The van der Waals surface area contributed by atoms with Crippen LogP contribution in [0, 0.1) is 50.2 Å². The second-order valence-electron chi connectivity index (χ2n) is 15.0. The Morgan fingerprint density at radius 1 is 0.944 bits per heavy atom. The van der Waals surface area contributed by atoms with Gasteiger partial charge in [-0.2, -0.15) is 0 Å². The standard InChI is InChI=1S/C31H45BrO4/c1-26(2)22-9-10-31(7)23(29(22,5)17-20(32)24(26)34)21(33)15-18-19-16-28(4,25(35)36-8)12-11-27(19,3)13-14-30(18,31)6/h15,19-20,22-23H,9-14,16-17H2,1-8H3/t19?,20?,22?,23?,27-,28+,29+,30-,31-/m1/s1. The molecule has 0 heterocycles. The number of Topliss-reactive ketones (excluding diaryl/α,β-unsaturated/α-hetero) is 1. The Balaban J connectivity index is 1.63. The number of rotatable bonds is 1. The summed E-state index contributed by atoms with van der Waals surface area (Å²) in [5.41, 5.74) is -0.00477. The van der Waals surface area contributed by atoms with Gasteiger partial charge in [-0.25, -0.2) is 0 Å². The summed E-state index contributed by atoms with van der Waals surface area (Å²) in [5, 5.41) is 0. The van der Waals surface area contributed by atoms with Crippen LogP contribution in [0.25, 0.3) is 0 Å². The highest BCUT2D eigenvalue weighted by atomic mass is 79.9. The SMILES string of the molecule is COC(=O)[C@@]1(C)CC[C@]2(C)CC[C@]3(C)C(=CC(=O)C4[C@@]5(C)CC(Br)C(=O)C(C)(C)C5CC[C@]43C)C2C1. The summed E-state index contributed by atoms with van der Waals surface area (Å²) >= 11 is 3.73.